The molecule has 0 atom stereocenters. The number of pyridine rings is 1. The zero-order valence-electron chi connectivity index (χ0n) is 13.8. The molecule has 3 aromatic rings. The first-order chi connectivity index (χ1) is 12.6. The van der Waals surface area contributed by atoms with Crippen molar-refractivity contribution in [2.24, 2.45) is 0 Å². The lowest BCUT2D eigenvalue weighted by atomic mass is 9.80. The van der Waals surface area contributed by atoms with Crippen molar-refractivity contribution in [1.29, 1.82) is 0 Å². The largest absolute Gasteiger partial charge is 0.353 e. The molecule has 0 saturated carbocycles. The highest BCUT2D eigenvalue weighted by Crippen LogP contribution is 2.34. The average molecular weight is 371 g/mol. The topological polar surface area (TPSA) is 66.0 Å². The average Bonchev–Trinajstić information content (AvgIpc) is 2.52. The van der Waals surface area contributed by atoms with E-state index in [0.717, 1.165) is 31.0 Å². The number of nitrogens with zero attached hydrogens (tertiary/aromatic N) is 4. The van der Waals surface area contributed by atoms with Crippen LogP contribution in [0.15, 0.2) is 36.7 Å². The third-order valence-corrected chi connectivity index (χ3v) is 5.23. The van der Waals surface area contributed by atoms with Crippen LogP contribution in [0.1, 0.15) is 6.42 Å². The minimum atomic E-state index is -0.411. The van der Waals surface area contributed by atoms with Crippen LogP contribution in [0.5, 0.6) is 0 Å². The lowest BCUT2D eigenvalue weighted by Crippen LogP contribution is -2.76. The Labute approximate surface area is 154 Å². The Bertz CT molecular complexity index is 978. The first kappa shape index (κ1) is 15.7. The van der Waals surface area contributed by atoms with Crippen molar-refractivity contribution in [1.82, 2.24) is 20.3 Å². The molecule has 2 aliphatic heterocycles. The molecule has 2 saturated heterocycles. The summed E-state index contributed by atoms with van der Waals surface area (Å²) in [5.41, 5.74) is 2.17. The molecule has 0 unspecified atom stereocenters. The third-order valence-electron chi connectivity index (χ3n) is 5.01. The van der Waals surface area contributed by atoms with E-state index >= 15 is 0 Å². The minimum absolute atomic E-state index is 0.281. The number of hydrogen-bond acceptors (Lipinski definition) is 6. The second kappa shape index (κ2) is 5.75. The summed E-state index contributed by atoms with van der Waals surface area (Å²) in [5, 5.41) is 6.91. The Morgan fingerprint density at radius 3 is 2.77 bits per heavy atom. The highest BCUT2D eigenvalue weighted by atomic mass is 35.5. The summed E-state index contributed by atoms with van der Waals surface area (Å²) in [4.78, 5) is 15.5. The van der Waals surface area contributed by atoms with E-state index in [2.05, 4.69) is 25.5 Å². The number of benzene rings is 1. The van der Waals surface area contributed by atoms with Crippen molar-refractivity contribution < 1.29 is 4.39 Å². The normalized spacial score (nSPS) is 17.8. The van der Waals surface area contributed by atoms with E-state index in [-0.39, 0.29) is 5.54 Å². The van der Waals surface area contributed by atoms with E-state index in [9.17, 15) is 4.39 Å². The van der Waals surface area contributed by atoms with Crippen LogP contribution < -0.4 is 15.5 Å². The maximum Gasteiger partial charge on any atom is 0.160 e. The van der Waals surface area contributed by atoms with Crippen molar-refractivity contribution in [2.75, 3.05) is 29.9 Å². The van der Waals surface area contributed by atoms with Crippen molar-refractivity contribution in [3.8, 4) is 0 Å². The van der Waals surface area contributed by atoms with Gasteiger partial charge in [0.05, 0.1) is 11.1 Å². The van der Waals surface area contributed by atoms with Crippen LogP contribution in [-0.4, -0.2) is 40.1 Å². The molecule has 1 aromatic carbocycles. The molecule has 2 N–H and O–H groups in total. The molecule has 5 rings (SSSR count). The Balaban J connectivity index is 1.48. The standard InChI is InChI=1S/C18H16ClFN6/c19-11-5-12(20)7-13(6-11)24-17-16-14(21-10-22-17)1-2-15(25-16)26-8-18(9-26)3-4-23-18/h1-2,5-7,10,23H,3-4,8-9H2,(H,21,22,24). The second-order valence-corrected chi connectivity index (χ2v) is 7.29. The van der Waals surface area contributed by atoms with Gasteiger partial charge in [0, 0.05) is 23.8 Å². The highest BCUT2D eigenvalue weighted by molar-refractivity contribution is 6.30. The van der Waals surface area contributed by atoms with Gasteiger partial charge in [0.2, 0.25) is 0 Å². The maximum absolute atomic E-state index is 13.6. The van der Waals surface area contributed by atoms with Crippen molar-refractivity contribution in [3.05, 3.63) is 47.5 Å². The van der Waals surface area contributed by atoms with Crippen LogP contribution in [0.4, 0.5) is 21.7 Å². The predicted octanol–water partition coefficient (Wildman–Crippen LogP) is 3.11. The maximum atomic E-state index is 13.6. The van der Waals surface area contributed by atoms with Gasteiger partial charge in [-0.2, -0.15) is 0 Å². The van der Waals surface area contributed by atoms with Gasteiger partial charge in [-0.05, 0) is 43.3 Å². The smallest absolute Gasteiger partial charge is 0.160 e. The summed E-state index contributed by atoms with van der Waals surface area (Å²) in [5.74, 6) is 1.01. The van der Waals surface area contributed by atoms with Crippen molar-refractivity contribution >= 4 is 40.0 Å². The summed E-state index contributed by atoms with van der Waals surface area (Å²) < 4.78 is 13.6. The van der Waals surface area contributed by atoms with Crippen LogP contribution in [-0.2, 0) is 0 Å². The lowest BCUT2D eigenvalue weighted by Gasteiger charge is -2.56. The third kappa shape index (κ3) is 2.64. The van der Waals surface area contributed by atoms with E-state index in [1.807, 2.05) is 12.1 Å². The summed E-state index contributed by atoms with van der Waals surface area (Å²) >= 11 is 5.93. The number of halogens is 2. The zero-order valence-corrected chi connectivity index (χ0v) is 14.6. The highest BCUT2D eigenvalue weighted by Gasteiger charge is 2.47. The lowest BCUT2D eigenvalue weighted by molar-refractivity contribution is 0.159. The second-order valence-electron chi connectivity index (χ2n) is 6.86. The molecule has 2 aliphatic rings. The number of rotatable bonds is 3. The first-order valence-electron chi connectivity index (χ1n) is 8.45. The van der Waals surface area contributed by atoms with Gasteiger partial charge >= 0.3 is 0 Å². The minimum Gasteiger partial charge on any atom is -0.353 e. The quantitative estimate of drug-likeness (QED) is 0.738. The van der Waals surface area contributed by atoms with Gasteiger partial charge in [0.25, 0.3) is 0 Å². The number of aromatic nitrogens is 3. The summed E-state index contributed by atoms with van der Waals surface area (Å²) in [6.45, 7) is 3.01. The fraction of sp³-hybridized carbons (Fsp3) is 0.278. The van der Waals surface area contributed by atoms with E-state index in [4.69, 9.17) is 16.6 Å². The Morgan fingerprint density at radius 1 is 1.19 bits per heavy atom. The Kier molecular flexibility index (Phi) is 3.48. The van der Waals surface area contributed by atoms with Gasteiger partial charge in [-0.15, -0.1) is 0 Å². The van der Waals surface area contributed by atoms with E-state index < -0.39 is 5.82 Å². The summed E-state index contributed by atoms with van der Waals surface area (Å²) in [6.07, 6.45) is 2.68. The number of nitrogens with one attached hydrogen (secondary N) is 2. The van der Waals surface area contributed by atoms with E-state index in [1.165, 1.54) is 24.9 Å². The van der Waals surface area contributed by atoms with Crippen LogP contribution in [0.3, 0.4) is 0 Å². The van der Waals surface area contributed by atoms with Gasteiger partial charge in [0.15, 0.2) is 5.82 Å². The molecule has 26 heavy (non-hydrogen) atoms. The molecule has 2 aromatic heterocycles. The zero-order chi connectivity index (χ0) is 17.7. The van der Waals surface area contributed by atoms with Gasteiger partial charge in [-0.3, -0.25) is 0 Å². The first-order valence-corrected chi connectivity index (χ1v) is 8.83. The molecule has 132 valence electrons. The van der Waals surface area contributed by atoms with Gasteiger partial charge < -0.3 is 15.5 Å². The SMILES string of the molecule is Fc1cc(Cl)cc(Nc2ncnc3ccc(N4CC5(CCN5)C4)nc23)c1. The monoisotopic (exact) mass is 370 g/mol. The van der Waals surface area contributed by atoms with Crippen LogP contribution in [0.2, 0.25) is 5.02 Å². The molecule has 0 aliphatic carbocycles. The van der Waals surface area contributed by atoms with E-state index in [1.54, 1.807) is 6.07 Å². The summed E-state index contributed by atoms with van der Waals surface area (Å²) in [6, 6.07) is 8.18. The van der Waals surface area contributed by atoms with Crippen molar-refractivity contribution in [2.45, 2.75) is 12.0 Å². The predicted molar refractivity (Wildman–Crippen MR) is 99.6 cm³/mol. The van der Waals surface area contributed by atoms with Gasteiger partial charge in [-0.25, -0.2) is 19.3 Å². The van der Waals surface area contributed by atoms with Crippen LogP contribution in [0, 0.1) is 5.82 Å². The van der Waals surface area contributed by atoms with E-state index in [0.29, 0.717) is 22.0 Å². The van der Waals surface area contributed by atoms with Crippen LogP contribution in [0.25, 0.3) is 11.0 Å². The van der Waals surface area contributed by atoms with Crippen LogP contribution >= 0.6 is 11.6 Å². The van der Waals surface area contributed by atoms with Gasteiger partial charge in [0.1, 0.15) is 23.5 Å². The molecule has 1 spiro atoms. The number of fused-ring (bicyclic) bond motifs is 1. The number of hydrogen-bond donors (Lipinski definition) is 2. The fourth-order valence-electron chi connectivity index (χ4n) is 3.56. The summed E-state index contributed by atoms with van der Waals surface area (Å²) in [7, 11) is 0. The Morgan fingerprint density at radius 2 is 2.04 bits per heavy atom. The number of anilines is 3. The fourth-order valence-corrected chi connectivity index (χ4v) is 3.78. The molecule has 2 fully saturated rings. The molecule has 8 heteroatoms. The molecule has 6 nitrogen and oxygen atoms in total. The molecular weight excluding hydrogens is 355 g/mol. The molecular formula is C18H16ClFN6. The molecule has 0 radical (unpaired) electrons. The van der Waals surface area contributed by atoms with Crippen molar-refractivity contribution in [3.63, 3.8) is 0 Å². The molecule has 4 heterocycles. The van der Waals surface area contributed by atoms with Gasteiger partial charge in [-0.1, -0.05) is 11.6 Å². The molecule has 0 bridgehead atoms. The molecule has 0 amide bonds. The Hall–Kier alpha value is -2.51.